The van der Waals surface area contributed by atoms with Gasteiger partial charge in [-0.1, -0.05) is 123 Å². The monoisotopic (exact) mass is 628 g/mol. The standard InChI is InChI=1S/C39H58F2O4/c1-3-5-7-8-9-10-11-12-13-15-29-44-36-28-27-35(37(40)38(36)41)39(42)45-34-25-23-33(24-26-34)43-30-16-18-32-21-19-31(20-22-32)17-14-6-4-2/h23-28,31-32H,3-22,29-30H2,1-2H3/t31-,32-. The predicted octanol–water partition coefficient (Wildman–Crippen LogP) is 12.0. The molecule has 0 heterocycles. The average Bonchev–Trinajstić information content (AvgIpc) is 3.05. The molecular formula is C39H58F2O4. The average molecular weight is 629 g/mol. The van der Waals surface area contributed by atoms with Crippen LogP contribution >= 0.6 is 0 Å². The topological polar surface area (TPSA) is 44.8 Å². The van der Waals surface area contributed by atoms with Crippen LogP contribution in [0.2, 0.25) is 0 Å². The molecule has 0 aliphatic heterocycles. The Morgan fingerprint density at radius 3 is 1.73 bits per heavy atom. The lowest BCUT2D eigenvalue weighted by Crippen LogP contribution is -2.15. The molecule has 1 saturated carbocycles. The molecule has 0 atom stereocenters. The number of hydrogen-bond acceptors (Lipinski definition) is 4. The molecule has 0 spiro atoms. The molecule has 0 bridgehead atoms. The fourth-order valence-corrected chi connectivity index (χ4v) is 6.39. The molecule has 3 rings (SSSR count). The Bertz CT molecular complexity index is 1080. The van der Waals surface area contributed by atoms with E-state index in [0.717, 1.165) is 37.5 Å². The number of unbranched alkanes of at least 4 members (excludes halogenated alkanes) is 11. The highest BCUT2D eigenvalue weighted by Gasteiger charge is 2.22. The van der Waals surface area contributed by atoms with Crippen molar-refractivity contribution < 1.29 is 27.8 Å². The second kappa shape index (κ2) is 22.0. The Hall–Kier alpha value is -2.63. The molecular weight excluding hydrogens is 570 g/mol. The van der Waals surface area contributed by atoms with Crippen LogP contribution in [0.15, 0.2) is 36.4 Å². The van der Waals surface area contributed by atoms with Crippen LogP contribution in [0.25, 0.3) is 0 Å². The molecule has 1 fully saturated rings. The zero-order valence-corrected chi connectivity index (χ0v) is 28.1. The Balaban J connectivity index is 1.30. The number of carbonyl (C=O) groups is 1. The van der Waals surface area contributed by atoms with Crippen molar-refractivity contribution in [2.75, 3.05) is 13.2 Å². The van der Waals surface area contributed by atoms with Crippen LogP contribution in [-0.2, 0) is 0 Å². The third kappa shape index (κ3) is 14.1. The van der Waals surface area contributed by atoms with E-state index in [0.29, 0.717) is 19.0 Å². The summed E-state index contributed by atoms with van der Waals surface area (Å²) < 4.78 is 46.0. The Morgan fingerprint density at radius 1 is 0.600 bits per heavy atom. The van der Waals surface area contributed by atoms with Gasteiger partial charge in [0.15, 0.2) is 11.6 Å². The van der Waals surface area contributed by atoms with Crippen molar-refractivity contribution in [1.29, 1.82) is 0 Å². The number of rotatable bonds is 23. The van der Waals surface area contributed by atoms with Crippen molar-refractivity contribution in [3.8, 4) is 17.2 Å². The van der Waals surface area contributed by atoms with E-state index in [1.165, 1.54) is 115 Å². The number of benzene rings is 2. The summed E-state index contributed by atoms with van der Waals surface area (Å²) in [6, 6.07) is 9.17. The maximum absolute atomic E-state index is 14.7. The third-order valence-electron chi connectivity index (χ3n) is 9.26. The minimum atomic E-state index is -1.26. The Labute approximate surface area is 271 Å². The van der Waals surface area contributed by atoms with Crippen molar-refractivity contribution in [2.45, 2.75) is 142 Å². The van der Waals surface area contributed by atoms with E-state index in [9.17, 15) is 13.6 Å². The first-order valence-electron chi connectivity index (χ1n) is 18.1. The van der Waals surface area contributed by atoms with Crippen LogP contribution in [-0.4, -0.2) is 19.2 Å². The molecule has 0 aromatic heterocycles. The number of hydrogen-bond donors (Lipinski definition) is 0. The number of halogens is 2. The van der Waals surface area contributed by atoms with Gasteiger partial charge in [0.2, 0.25) is 5.82 Å². The van der Waals surface area contributed by atoms with Crippen molar-refractivity contribution in [1.82, 2.24) is 0 Å². The molecule has 252 valence electrons. The molecule has 0 saturated heterocycles. The summed E-state index contributed by atoms with van der Waals surface area (Å²) in [6.07, 6.45) is 25.0. The summed E-state index contributed by atoms with van der Waals surface area (Å²) in [6.45, 7) is 5.45. The van der Waals surface area contributed by atoms with Gasteiger partial charge in [0.1, 0.15) is 11.5 Å². The SMILES string of the molecule is CCCCCCCCCCCCOc1ccc(C(=O)Oc2ccc(OCCC[C@H]3CC[C@H](CCCCC)CC3)cc2)c(F)c1F. The summed E-state index contributed by atoms with van der Waals surface area (Å²) in [7, 11) is 0. The highest BCUT2D eigenvalue weighted by Crippen LogP contribution is 2.34. The van der Waals surface area contributed by atoms with Crippen LogP contribution in [0.1, 0.15) is 153 Å². The molecule has 4 nitrogen and oxygen atoms in total. The first-order chi connectivity index (χ1) is 22.0. The second-order valence-electron chi connectivity index (χ2n) is 13.0. The van der Waals surface area contributed by atoms with E-state index in [1.807, 2.05) is 0 Å². The van der Waals surface area contributed by atoms with Gasteiger partial charge < -0.3 is 14.2 Å². The van der Waals surface area contributed by atoms with Crippen molar-refractivity contribution in [3.63, 3.8) is 0 Å². The van der Waals surface area contributed by atoms with Gasteiger partial charge in [-0.3, -0.25) is 0 Å². The first-order valence-corrected chi connectivity index (χ1v) is 18.1. The minimum absolute atomic E-state index is 0.184. The van der Waals surface area contributed by atoms with E-state index >= 15 is 0 Å². The van der Waals surface area contributed by atoms with Crippen LogP contribution in [0, 0.1) is 23.5 Å². The Kier molecular flexibility index (Phi) is 18.0. The molecule has 45 heavy (non-hydrogen) atoms. The second-order valence-corrected chi connectivity index (χ2v) is 13.0. The fourth-order valence-electron chi connectivity index (χ4n) is 6.39. The summed E-state index contributed by atoms with van der Waals surface area (Å²) in [5, 5.41) is 0. The van der Waals surface area contributed by atoms with Gasteiger partial charge in [0.05, 0.1) is 18.8 Å². The minimum Gasteiger partial charge on any atom is -0.494 e. The fraction of sp³-hybridized carbons (Fsp3) is 0.667. The third-order valence-corrected chi connectivity index (χ3v) is 9.26. The molecule has 6 heteroatoms. The van der Waals surface area contributed by atoms with Gasteiger partial charge in [-0.15, -0.1) is 0 Å². The highest BCUT2D eigenvalue weighted by atomic mass is 19.2. The zero-order valence-electron chi connectivity index (χ0n) is 28.1. The number of esters is 1. The summed E-state index contributed by atoms with van der Waals surface area (Å²) in [5.41, 5.74) is -0.464. The largest absolute Gasteiger partial charge is 0.494 e. The quantitative estimate of drug-likeness (QED) is 0.0698. The van der Waals surface area contributed by atoms with Gasteiger partial charge >= 0.3 is 5.97 Å². The first kappa shape index (κ1) is 36.8. The van der Waals surface area contributed by atoms with Crippen LogP contribution in [0.3, 0.4) is 0 Å². The highest BCUT2D eigenvalue weighted by molar-refractivity contribution is 5.91. The molecule has 0 unspecified atom stereocenters. The van der Waals surface area contributed by atoms with E-state index in [4.69, 9.17) is 14.2 Å². The summed E-state index contributed by atoms with van der Waals surface area (Å²) in [5.74, 6) is -0.888. The Morgan fingerprint density at radius 2 is 1.11 bits per heavy atom. The number of carbonyl (C=O) groups excluding carboxylic acids is 1. The van der Waals surface area contributed by atoms with Crippen molar-refractivity contribution in [3.05, 3.63) is 53.6 Å². The van der Waals surface area contributed by atoms with Gasteiger partial charge in [-0.25, -0.2) is 9.18 Å². The predicted molar refractivity (Wildman–Crippen MR) is 179 cm³/mol. The van der Waals surface area contributed by atoms with E-state index in [-0.39, 0.29) is 11.5 Å². The smallest absolute Gasteiger partial charge is 0.346 e. The lowest BCUT2D eigenvalue weighted by Gasteiger charge is -2.28. The molecule has 2 aromatic carbocycles. The van der Waals surface area contributed by atoms with Crippen LogP contribution in [0.4, 0.5) is 8.78 Å². The van der Waals surface area contributed by atoms with Crippen LogP contribution < -0.4 is 14.2 Å². The normalized spacial score (nSPS) is 16.4. The van der Waals surface area contributed by atoms with Crippen LogP contribution in [0.5, 0.6) is 17.2 Å². The van der Waals surface area contributed by atoms with Crippen molar-refractivity contribution in [2.24, 2.45) is 11.8 Å². The van der Waals surface area contributed by atoms with Gasteiger partial charge in [0, 0.05) is 0 Å². The lowest BCUT2D eigenvalue weighted by atomic mass is 9.78. The molecule has 2 aromatic rings. The molecule has 0 amide bonds. The maximum Gasteiger partial charge on any atom is 0.346 e. The summed E-state index contributed by atoms with van der Waals surface area (Å²) in [4.78, 5) is 12.6. The van der Waals surface area contributed by atoms with Gasteiger partial charge in [-0.2, -0.15) is 4.39 Å². The van der Waals surface area contributed by atoms with Gasteiger partial charge in [-0.05, 0) is 67.5 Å². The van der Waals surface area contributed by atoms with Gasteiger partial charge in [0.25, 0.3) is 0 Å². The molecule has 1 aliphatic rings. The van der Waals surface area contributed by atoms with E-state index < -0.39 is 23.2 Å². The molecule has 0 radical (unpaired) electrons. The van der Waals surface area contributed by atoms with E-state index in [2.05, 4.69) is 13.8 Å². The van der Waals surface area contributed by atoms with E-state index in [1.54, 1.807) is 24.3 Å². The summed E-state index contributed by atoms with van der Waals surface area (Å²) >= 11 is 0. The van der Waals surface area contributed by atoms with Crippen molar-refractivity contribution >= 4 is 5.97 Å². The zero-order chi connectivity index (χ0) is 32.1. The molecule has 0 N–H and O–H groups in total. The lowest BCUT2D eigenvalue weighted by molar-refractivity contribution is 0.0728. The molecule has 1 aliphatic carbocycles. The number of ether oxygens (including phenoxy) is 3. The maximum atomic E-state index is 14.7.